The Labute approximate surface area is 121 Å². The maximum atomic E-state index is 10.1. The van der Waals surface area contributed by atoms with Gasteiger partial charge < -0.3 is 10.4 Å². The number of aliphatic hydroxyl groups excluding tert-OH is 1. The lowest BCUT2D eigenvalue weighted by atomic mass is 10.0. The second-order valence-corrected chi connectivity index (χ2v) is 5.56. The molecule has 2 aromatic rings. The highest BCUT2D eigenvalue weighted by molar-refractivity contribution is 5.63. The summed E-state index contributed by atoms with van der Waals surface area (Å²) in [6.07, 6.45) is -0.446. The molecule has 0 bridgehead atoms. The lowest BCUT2D eigenvalue weighted by molar-refractivity contribution is 0.173. The van der Waals surface area contributed by atoms with Crippen LogP contribution in [-0.2, 0) is 0 Å². The van der Waals surface area contributed by atoms with Crippen molar-refractivity contribution in [3.8, 4) is 11.1 Å². The molecule has 0 saturated heterocycles. The van der Waals surface area contributed by atoms with E-state index in [2.05, 4.69) is 43.4 Å². The van der Waals surface area contributed by atoms with Crippen molar-refractivity contribution in [1.29, 1.82) is 0 Å². The van der Waals surface area contributed by atoms with Crippen LogP contribution in [0.25, 0.3) is 11.1 Å². The molecule has 0 aromatic heterocycles. The van der Waals surface area contributed by atoms with E-state index in [9.17, 15) is 5.11 Å². The molecule has 0 aliphatic carbocycles. The van der Waals surface area contributed by atoms with E-state index < -0.39 is 6.10 Å². The van der Waals surface area contributed by atoms with Crippen molar-refractivity contribution >= 4 is 0 Å². The van der Waals surface area contributed by atoms with Crippen LogP contribution in [0.3, 0.4) is 0 Å². The third kappa shape index (κ3) is 4.19. The second kappa shape index (κ2) is 7.22. The highest BCUT2D eigenvalue weighted by Gasteiger charge is 2.07. The fourth-order valence-electron chi connectivity index (χ4n) is 2.15. The molecule has 0 amide bonds. The summed E-state index contributed by atoms with van der Waals surface area (Å²) < 4.78 is 0. The SMILES string of the molecule is CC(C)CNCC(O)c1ccc(-c2ccccc2)cc1. The molecule has 2 aromatic carbocycles. The van der Waals surface area contributed by atoms with Gasteiger partial charge in [-0.1, -0.05) is 68.4 Å². The van der Waals surface area contributed by atoms with Gasteiger partial charge in [0.15, 0.2) is 0 Å². The van der Waals surface area contributed by atoms with Crippen LogP contribution in [0.15, 0.2) is 54.6 Å². The lowest BCUT2D eigenvalue weighted by Crippen LogP contribution is -2.25. The predicted octanol–water partition coefficient (Wildman–Crippen LogP) is 3.63. The summed E-state index contributed by atoms with van der Waals surface area (Å²) in [7, 11) is 0. The van der Waals surface area contributed by atoms with Crippen molar-refractivity contribution in [3.05, 3.63) is 60.2 Å². The van der Waals surface area contributed by atoms with E-state index >= 15 is 0 Å². The smallest absolute Gasteiger partial charge is 0.0914 e. The van der Waals surface area contributed by atoms with E-state index in [0.29, 0.717) is 12.5 Å². The predicted molar refractivity (Wildman–Crippen MR) is 84.5 cm³/mol. The van der Waals surface area contributed by atoms with E-state index in [4.69, 9.17) is 0 Å². The van der Waals surface area contributed by atoms with Crippen molar-refractivity contribution in [2.75, 3.05) is 13.1 Å². The van der Waals surface area contributed by atoms with Crippen molar-refractivity contribution in [3.63, 3.8) is 0 Å². The number of aliphatic hydroxyl groups is 1. The summed E-state index contributed by atoms with van der Waals surface area (Å²) in [5.41, 5.74) is 3.34. The Kier molecular flexibility index (Phi) is 5.33. The van der Waals surface area contributed by atoms with Gasteiger partial charge in [-0.2, -0.15) is 0 Å². The number of hydrogen-bond acceptors (Lipinski definition) is 2. The lowest BCUT2D eigenvalue weighted by Gasteiger charge is -2.14. The fraction of sp³-hybridized carbons (Fsp3) is 0.333. The van der Waals surface area contributed by atoms with Crippen LogP contribution >= 0.6 is 0 Å². The van der Waals surface area contributed by atoms with Gasteiger partial charge in [-0.3, -0.25) is 0 Å². The first kappa shape index (κ1) is 14.8. The first-order chi connectivity index (χ1) is 9.66. The summed E-state index contributed by atoms with van der Waals surface area (Å²) in [4.78, 5) is 0. The maximum Gasteiger partial charge on any atom is 0.0914 e. The van der Waals surface area contributed by atoms with E-state index in [1.807, 2.05) is 30.3 Å². The topological polar surface area (TPSA) is 32.3 Å². The molecule has 0 heterocycles. The largest absolute Gasteiger partial charge is 0.387 e. The minimum Gasteiger partial charge on any atom is -0.387 e. The third-order valence-corrected chi connectivity index (χ3v) is 3.29. The number of hydrogen-bond donors (Lipinski definition) is 2. The van der Waals surface area contributed by atoms with E-state index in [0.717, 1.165) is 12.1 Å². The Hall–Kier alpha value is -1.64. The van der Waals surface area contributed by atoms with Gasteiger partial charge in [-0.15, -0.1) is 0 Å². The quantitative estimate of drug-likeness (QED) is 0.839. The van der Waals surface area contributed by atoms with Gasteiger partial charge >= 0.3 is 0 Å². The van der Waals surface area contributed by atoms with Gasteiger partial charge in [-0.05, 0) is 29.2 Å². The van der Waals surface area contributed by atoms with Gasteiger partial charge in [0, 0.05) is 6.54 Å². The maximum absolute atomic E-state index is 10.1. The Bertz CT molecular complexity index is 505. The molecule has 0 radical (unpaired) electrons. The molecule has 2 N–H and O–H groups in total. The van der Waals surface area contributed by atoms with E-state index in [1.165, 1.54) is 11.1 Å². The molecule has 0 spiro atoms. The number of nitrogens with one attached hydrogen (secondary N) is 1. The standard InChI is InChI=1S/C18H23NO/c1-14(2)12-19-13-18(20)17-10-8-16(9-11-17)15-6-4-3-5-7-15/h3-11,14,18-20H,12-13H2,1-2H3. The molecule has 1 unspecified atom stereocenters. The summed E-state index contributed by atoms with van der Waals surface area (Å²) in [6.45, 7) is 5.85. The van der Waals surface area contributed by atoms with Gasteiger partial charge in [0.25, 0.3) is 0 Å². The van der Waals surface area contributed by atoms with Gasteiger partial charge in [-0.25, -0.2) is 0 Å². The van der Waals surface area contributed by atoms with Crippen molar-refractivity contribution in [1.82, 2.24) is 5.32 Å². The molecular formula is C18H23NO. The summed E-state index contributed by atoms with van der Waals surface area (Å²) in [5, 5.41) is 13.4. The highest BCUT2D eigenvalue weighted by Crippen LogP contribution is 2.21. The second-order valence-electron chi connectivity index (χ2n) is 5.56. The number of benzene rings is 2. The van der Waals surface area contributed by atoms with Crippen LogP contribution in [0.5, 0.6) is 0 Å². The van der Waals surface area contributed by atoms with Gasteiger partial charge in [0.05, 0.1) is 6.10 Å². The van der Waals surface area contributed by atoms with Crippen molar-refractivity contribution in [2.45, 2.75) is 20.0 Å². The van der Waals surface area contributed by atoms with Crippen LogP contribution in [0, 0.1) is 5.92 Å². The van der Waals surface area contributed by atoms with Crippen LogP contribution in [-0.4, -0.2) is 18.2 Å². The first-order valence-corrected chi connectivity index (χ1v) is 7.21. The zero-order chi connectivity index (χ0) is 14.4. The molecule has 2 nitrogen and oxygen atoms in total. The molecular weight excluding hydrogens is 246 g/mol. The Morgan fingerprint density at radius 2 is 1.45 bits per heavy atom. The zero-order valence-corrected chi connectivity index (χ0v) is 12.2. The molecule has 2 heteroatoms. The highest BCUT2D eigenvalue weighted by atomic mass is 16.3. The van der Waals surface area contributed by atoms with Crippen LogP contribution in [0.2, 0.25) is 0 Å². The number of rotatable bonds is 6. The van der Waals surface area contributed by atoms with E-state index in [-0.39, 0.29) is 0 Å². The summed E-state index contributed by atoms with van der Waals surface area (Å²) in [6, 6.07) is 18.4. The minimum atomic E-state index is -0.446. The van der Waals surface area contributed by atoms with Crippen molar-refractivity contribution < 1.29 is 5.11 Å². The molecule has 0 fully saturated rings. The van der Waals surface area contributed by atoms with Crippen LogP contribution < -0.4 is 5.32 Å². The fourth-order valence-corrected chi connectivity index (χ4v) is 2.15. The zero-order valence-electron chi connectivity index (χ0n) is 12.2. The van der Waals surface area contributed by atoms with E-state index in [1.54, 1.807) is 0 Å². The Morgan fingerprint density at radius 3 is 2.05 bits per heavy atom. The van der Waals surface area contributed by atoms with Crippen LogP contribution in [0.4, 0.5) is 0 Å². The van der Waals surface area contributed by atoms with Crippen molar-refractivity contribution in [2.24, 2.45) is 5.92 Å². The minimum absolute atomic E-state index is 0.446. The normalized spacial score (nSPS) is 12.6. The third-order valence-electron chi connectivity index (χ3n) is 3.29. The average molecular weight is 269 g/mol. The molecule has 0 aliphatic heterocycles. The molecule has 2 rings (SSSR count). The summed E-state index contributed by atoms with van der Waals surface area (Å²) >= 11 is 0. The molecule has 20 heavy (non-hydrogen) atoms. The van der Waals surface area contributed by atoms with Crippen LogP contribution in [0.1, 0.15) is 25.5 Å². The molecule has 0 saturated carbocycles. The molecule has 106 valence electrons. The Balaban J connectivity index is 1.97. The van der Waals surface area contributed by atoms with Gasteiger partial charge in [0.1, 0.15) is 0 Å². The average Bonchev–Trinajstić information content (AvgIpc) is 2.48. The van der Waals surface area contributed by atoms with Gasteiger partial charge in [0.2, 0.25) is 0 Å². The monoisotopic (exact) mass is 269 g/mol. The Morgan fingerprint density at radius 1 is 0.850 bits per heavy atom. The first-order valence-electron chi connectivity index (χ1n) is 7.21. The molecule has 1 atom stereocenters. The summed E-state index contributed by atoms with van der Waals surface area (Å²) in [5.74, 6) is 0.600. The molecule has 0 aliphatic rings.